The van der Waals surface area contributed by atoms with Crippen molar-refractivity contribution in [3.8, 4) is 28.1 Å². The SMILES string of the molecule is COc1cc(-c2c(F)cccc2F)ccc1-c1nccc2cc(SNc3ccncn3)ccc12. The van der Waals surface area contributed by atoms with Crippen LogP contribution >= 0.6 is 11.9 Å². The van der Waals surface area contributed by atoms with Gasteiger partial charge in [0.05, 0.1) is 18.4 Å². The molecule has 0 fully saturated rings. The monoisotopic (exact) mass is 472 g/mol. The van der Waals surface area contributed by atoms with Crippen molar-refractivity contribution in [3.63, 3.8) is 0 Å². The maximum atomic E-state index is 14.3. The largest absolute Gasteiger partial charge is 0.496 e. The minimum absolute atomic E-state index is 0.0870. The van der Waals surface area contributed by atoms with Crippen molar-refractivity contribution in [1.82, 2.24) is 15.0 Å². The Kier molecular flexibility index (Phi) is 6.05. The maximum absolute atomic E-state index is 14.3. The fourth-order valence-corrected chi connectivity index (χ4v) is 4.38. The molecule has 0 amide bonds. The van der Waals surface area contributed by atoms with Crippen LogP contribution in [0.3, 0.4) is 0 Å². The highest BCUT2D eigenvalue weighted by molar-refractivity contribution is 8.00. The summed E-state index contributed by atoms with van der Waals surface area (Å²) in [6, 6.07) is 18.7. The number of rotatable bonds is 6. The van der Waals surface area contributed by atoms with Crippen molar-refractivity contribution in [2.45, 2.75) is 4.90 Å². The molecule has 0 aliphatic rings. The van der Waals surface area contributed by atoms with Crippen molar-refractivity contribution in [2.24, 2.45) is 0 Å². The lowest BCUT2D eigenvalue weighted by atomic mass is 9.98. The molecule has 0 bridgehead atoms. The maximum Gasteiger partial charge on any atom is 0.139 e. The summed E-state index contributed by atoms with van der Waals surface area (Å²) in [6.45, 7) is 0. The Hall–Kier alpha value is -4.04. The third-order valence-electron chi connectivity index (χ3n) is 5.30. The molecule has 5 nitrogen and oxygen atoms in total. The number of methoxy groups -OCH3 is 1. The summed E-state index contributed by atoms with van der Waals surface area (Å²) in [5.41, 5.74) is 1.75. The number of halogens is 2. The van der Waals surface area contributed by atoms with Crippen molar-refractivity contribution in [2.75, 3.05) is 11.8 Å². The molecule has 34 heavy (non-hydrogen) atoms. The fraction of sp³-hybridized carbons (Fsp3) is 0.0385. The zero-order chi connectivity index (χ0) is 23.5. The summed E-state index contributed by atoms with van der Waals surface area (Å²) >= 11 is 1.44. The van der Waals surface area contributed by atoms with Gasteiger partial charge >= 0.3 is 0 Å². The first-order chi connectivity index (χ1) is 16.6. The van der Waals surface area contributed by atoms with Gasteiger partial charge in [-0.05, 0) is 71.4 Å². The molecule has 0 radical (unpaired) electrons. The van der Waals surface area contributed by atoms with Crippen molar-refractivity contribution < 1.29 is 13.5 Å². The van der Waals surface area contributed by atoms with Crippen LogP contribution in [0, 0.1) is 11.6 Å². The van der Waals surface area contributed by atoms with Gasteiger partial charge in [0.1, 0.15) is 29.5 Å². The van der Waals surface area contributed by atoms with E-state index < -0.39 is 11.6 Å². The van der Waals surface area contributed by atoms with Crippen molar-refractivity contribution >= 4 is 28.5 Å². The number of hydrogen-bond donors (Lipinski definition) is 1. The molecule has 5 rings (SSSR count). The lowest BCUT2D eigenvalue weighted by molar-refractivity contribution is 0.416. The van der Waals surface area contributed by atoms with Gasteiger partial charge in [0.25, 0.3) is 0 Å². The number of benzene rings is 3. The number of nitrogens with one attached hydrogen (secondary N) is 1. The van der Waals surface area contributed by atoms with E-state index in [1.54, 1.807) is 36.7 Å². The first-order valence-corrected chi connectivity index (χ1v) is 11.2. The van der Waals surface area contributed by atoms with E-state index in [1.165, 1.54) is 43.6 Å². The van der Waals surface area contributed by atoms with Crippen LogP contribution in [-0.2, 0) is 0 Å². The molecule has 168 valence electrons. The Balaban J connectivity index is 1.51. The van der Waals surface area contributed by atoms with E-state index >= 15 is 0 Å². The number of anilines is 1. The summed E-state index contributed by atoms with van der Waals surface area (Å²) < 4.78 is 37.4. The van der Waals surface area contributed by atoms with E-state index in [2.05, 4.69) is 25.7 Å². The van der Waals surface area contributed by atoms with Gasteiger partial charge in [-0.3, -0.25) is 4.98 Å². The molecular weight excluding hydrogens is 454 g/mol. The van der Waals surface area contributed by atoms with E-state index in [0.29, 0.717) is 17.1 Å². The minimum atomic E-state index is -0.626. The van der Waals surface area contributed by atoms with Crippen LogP contribution in [0.15, 0.2) is 90.3 Å². The Labute approximate surface area is 199 Å². The summed E-state index contributed by atoms with van der Waals surface area (Å²) in [5, 5.41) is 1.92. The van der Waals surface area contributed by atoms with Crippen molar-refractivity contribution in [1.29, 1.82) is 0 Å². The molecular formula is C26H18F2N4OS. The van der Waals surface area contributed by atoms with Gasteiger partial charge in [-0.15, -0.1) is 0 Å². The van der Waals surface area contributed by atoms with Gasteiger partial charge in [0.15, 0.2) is 0 Å². The Bertz CT molecular complexity index is 1460. The molecule has 8 heteroatoms. The lowest BCUT2D eigenvalue weighted by Crippen LogP contribution is -1.95. The van der Waals surface area contributed by atoms with E-state index in [1.807, 2.05) is 18.2 Å². The van der Waals surface area contributed by atoms with E-state index in [4.69, 9.17) is 4.74 Å². The molecule has 3 aromatic carbocycles. The average molecular weight is 473 g/mol. The highest BCUT2D eigenvalue weighted by atomic mass is 32.2. The van der Waals surface area contributed by atoms with Crippen LogP contribution < -0.4 is 9.46 Å². The highest BCUT2D eigenvalue weighted by Crippen LogP contribution is 2.38. The lowest BCUT2D eigenvalue weighted by Gasteiger charge is -2.14. The standard InChI is InChI=1S/C26H18F2N4OS/c1-33-23-14-17(25-21(27)3-2-4-22(25)28)5-7-20(23)26-19-8-6-18(13-16(19)9-12-30-26)34-32-24-10-11-29-15-31-24/h2-15H,1H3,(H,29,31,32). The molecule has 2 heterocycles. The second-order valence-electron chi connectivity index (χ2n) is 7.35. The van der Waals surface area contributed by atoms with E-state index in [0.717, 1.165) is 26.9 Å². The van der Waals surface area contributed by atoms with Crippen LogP contribution in [0.2, 0.25) is 0 Å². The second kappa shape index (κ2) is 9.44. The second-order valence-corrected chi connectivity index (χ2v) is 8.23. The molecule has 2 aromatic heterocycles. The smallest absolute Gasteiger partial charge is 0.139 e. The third-order valence-corrected chi connectivity index (χ3v) is 6.10. The normalized spacial score (nSPS) is 10.9. The van der Waals surface area contributed by atoms with Gasteiger partial charge in [0, 0.05) is 28.2 Å². The molecule has 5 aromatic rings. The molecule has 1 N–H and O–H groups in total. The van der Waals surface area contributed by atoms with Gasteiger partial charge in [-0.25, -0.2) is 18.7 Å². The van der Waals surface area contributed by atoms with Gasteiger partial charge in [-0.2, -0.15) is 0 Å². The van der Waals surface area contributed by atoms with E-state index in [-0.39, 0.29) is 5.56 Å². The Morgan fingerprint density at radius 1 is 0.882 bits per heavy atom. The topological polar surface area (TPSA) is 59.9 Å². The number of pyridine rings is 1. The predicted octanol–water partition coefficient (Wildman–Crippen LogP) is 6.76. The summed E-state index contributed by atoms with van der Waals surface area (Å²) in [7, 11) is 1.53. The van der Waals surface area contributed by atoms with E-state index in [9.17, 15) is 8.78 Å². The van der Waals surface area contributed by atoms with Gasteiger partial charge in [-0.1, -0.05) is 18.2 Å². The Morgan fingerprint density at radius 2 is 1.74 bits per heavy atom. The van der Waals surface area contributed by atoms with Crippen LogP contribution in [-0.4, -0.2) is 22.1 Å². The first kappa shape index (κ1) is 21.8. The number of nitrogens with zero attached hydrogens (tertiary/aromatic N) is 3. The third kappa shape index (κ3) is 4.27. The minimum Gasteiger partial charge on any atom is -0.496 e. The molecule has 0 atom stereocenters. The summed E-state index contributed by atoms with van der Waals surface area (Å²) in [4.78, 5) is 13.6. The van der Waals surface area contributed by atoms with Crippen molar-refractivity contribution in [3.05, 3.63) is 97.1 Å². The molecule has 0 saturated carbocycles. The fourth-order valence-electron chi connectivity index (χ4n) is 3.71. The highest BCUT2D eigenvalue weighted by Gasteiger charge is 2.16. The number of aromatic nitrogens is 3. The molecule has 0 unspecified atom stereocenters. The average Bonchev–Trinajstić information content (AvgIpc) is 2.87. The van der Waals surface area contributed by atoms with Gasteiger partial charge < -0.3 is 9.46 Å². The quantitative estimate of drug-likeness (QED) is 0.275. The number of ether oxygens (including phenoxy) is 1. The Morgan fingerprint density at radius 3 is 2.50 bits per heavy atom. The van der Waals surface area contributed by atoms with Crippen LogP contribution in [0.5, 0.6) is 5.75 Å². The molecule has 0 saturated heterocycles. The van der Waals surface area contributed by atoms with Crippen LogP contribution in [0.25, 0.3) is 33.2 Å². The zero-order valence-corrected chi connectivity index (χ0v) is 18.8. The van der Waals surface area contributed by atoms with Gasteiger partial charge in [0.2, 0.25) is 0 Å². The molecule has 0 aliphatic heterocycles. The summed E-state index contributed by atoms with van der Waals surface area (Å²) in [6.07, 6.45) is 4.89. The molecule has 0 spiro atoms. The predicted molar refractivity (Wildman–Crippen MR) is 131 cm³/mol. The summed E-state index contributed by atoms with van der Waals surface area (Å²) in [5.74, 6) is -0.0620. The number of hydrogen-bond acceptors (Lipinski definition) is 6. The van der Waals surface area contributed by atoms with Crippen LogP contribution in [0.1, 0.15) is 0 Å². The van der Waals surface area contributed by atoms with Crippen LogP contribution in [0.4, 0.5) is 14.6 Å². The first-order valence-electron chi connectivity index (χ1n) is 10.3. The zero-order valence-electron chi connectivity index (χ0n) is 18.0. The number of fused-ring (bicyclic) bond motifs is 1. The molecule has 0 aliphatic carbocycles.